The maximum Gasteiger partial charge on any atom is 0.0329 e. The molecular formula is C16H36N2. The summed E-state index contributed by atoms with van der Waals surface area (Å²) in [4.78, 5) is 2.53. The molecule has 0 radical (unpaired) electrons. The minimum absolute atomic E-state index is 0.148. The molecule has 3 unspecified atom stereocenters. The molecule has 2 nitrogen and oxygen atoms in total. The highest BCUT2D eigenvalue weighted by atomic mass is 15.2. The number of likely N-dealkylation sites (N-methyl/N-ethyl adjacent to an activating group) is 1. The summed E-state index contributed by atoms with van der Waals surface area (Å²) in [6, 6.07) is 0.274. The fourth-order valence-electron chi connectivity index (χ4n) is 3.25. The van der Waals surface area contributed by atoms with Crippen molar-refractivity contribution < 1.29 is 0 Å². The van der Waals surface area contributed by atoms with E-state index in [1.54, 1.807) is 0 Å². The molecule has 0 heterocycles. The van der Waals surface area contributed by atoms with Crippen molar-refractivity contribution in [2.45, 2.75) is 79.3 Å². The van der Waals surface area contributed by atoms with E-state index in [0.29, 0.717) is 0 Å². The molecule has 0 saturated carbocycles. The van der Waals surface area contributed by atoms with Gasteiger partial charge >= 0.3 is 0 Å². The fourth-order valence-corrected chi connectivity index (χ4v) is 3.25. The molecule has 2 heteroatoms. The minimum atomic E-state index is 0.148. The predicted molar refractivity (Wildman–Crippen MR) is 82.8 cm³/mol. The highest BCUT2D eigenvalue weighted by molar-refractivity contribution is 4.94. The highest BCUT2D eigenvalue weighted by Crippen LogP contribution is 2.28. The predicted octanol–water partition coefficient (Wildman–Crippen LogP) is 3.90. The van der Waals surface area contributed by atoms with E-state index in [1.165, 1.54) is 6.42 Å². The Bertz CT molecular complexity index is 211. The molecule has 0 amide bonds. The van der Waals surface area contributed by atoms with Crippen LogP contribution in [0.2, 0.25) is 0 Å². The van der Waals surface area contributed by atoms with Gasteiger partial charge in [0.1, 0.15) is 0 Å². The lowest BCUT2D eigenvalue weighted by atomic mass is 9.81. The molecule has 0 aliphatic carbocycles. The van der Waals surface area contributed by atoms with E-state index in [4.69, 9.17) is 5.73 Å². The topological polar surface area (TPSA) is 29.3 Å². The standard InChI is InChI=1S/C16H36N2/c1-8-16(7,18(9-2)10-3)15(17)12-14(6)11-13(4)5/h13-15H,8-12,17H2,1-7H3. The van der Waals surface area contributed by atoms with Gasteiger partial charge in [-0.2, -0.15) is 0 Å². The molecule has 0 fully saturated rings. The second kappa shape index (κ2) is 8.16. The van der Waals surface area contributed by atoms with Crippen molar-refractivity contribution in [2.75, 3.05) is 13.1 Å². The molecule has 18 heavy (non-hydrogen) atoms. The molecule has 0 aliphatic heterocycles. The van der Waals surface area contributed by atoms with Crippen LogP contribution >= 0.6 is 0 Å². The quantitative estimate of drug-likeness (QED) is 0.678. The van der Waals surface area contributed by atoms with Crippen molar-refractivity contribution in [3.8, 4) is 0 Å². The Morgan fingerprint density at radius 1 is 1.00 bits per heavy atom. The van der Waals surface area contributed by atoms with E-state index in [0.717, 1.165) is 37.8 Å². The number of rotatable bonds is 9. The van der Waals surface area contributed by atoms with Crippen molar-refractivity contribution in [1.29, 1.82) is 0 Å². The monoisotopic (exact) mass is 256 g/mol. The Labute approximate surface area is 115 Å². The smallest absolute Gasteiger partial charge is 0.0329 e. The van der Waals surface area contributed by atoms with Gasteiger partial charge in [0.2, 0.25) is 0 Å². The number of nitrogens with zero attached hydrogens (tertiary/aromatic N) is 1. The second-order valence-electron chi connectivity index (χ2n) is 6.46. The van der Waals surface area contributed by atoms with Crippen molar-refractivity contribution >= 4 is 0 Å². The van der Waals surface area contributed by atoms with Gasteiger partial charge in [0.25, 0.3) is 0 Å². The summed E-state index contributed by atoms with van der Waals surface area (Å²) in [6.45, 7) is 18.2. The number of hydrogen-bond donors (Lipinski definition) is 1. The Morgan fingerprint density at radius 3 is 1.83 bits per heavy atom. The SMILES string of the molecule is CCN(CC)C(C)(CC)C(N)CC(C)CC(C)C. The molecule has 0 saturated heterocycles. The van der Waals surface area contributed by atoms with Crippen LogP contribution in [0, 0.1) is 11.8 Å². The van der Waals surface area contributed by atoms with Gasteiger partial charge in [-0.05, 0) is 51.1 Å². The van der Waals surface area contributed by atoms with Gasteiger partial charge < -0.3 is 5.73 Å². The first-order chi connectivity index (χ1) is 8.31. The van der Waals surface area contributed by atoms with E-state index in [2.05, 4.69) is 53.4 Å². The second-order valence-corrected chi connectivity index (χ2v) is 6.46. The average molecular weight is 256 g/mol. The van der Waals surface area contributed by atoms with Crippen LogP contribution in [0.15, 0.2) is 0 Å². The highest BCUT2D eigenvalue weighted by Gasteiger charge is 2.35. The zero-order chi connectivity index (χ0) is 14.3. The minimum Gasteiger partial charge on any atom is -0.326 e. The van der Waals surface area contributed by atoms with Crippen LogP contribution in [-0.4, -0.2) is 29.6 Å². The Morgan fingerprint density at radius 2 is 1.50 bits per heavy atom. The van der Waals surface area contributed by atoms with E-state index in [1.807, 2.05) is 0 Å². The fraction of sp³-hybridized carbons (Fsp3) is 1.00. The third kappa shape index (κ3) is 4.89. The molecular weight excluding hydrogens is 220 g/mol. The van der Waals surface area contributed by atoms with Gasteiger partial charge in [0, 0.05) is 11.6 Å². The summed E-state index contributed by atoms with van der Waals surface area (Å²) in [6.07, 6.45) is 3.55. The van der Waals surface area contributed by atoms with Gasteiger partial charge in [-0.25, -0.2) is 0 Å². The summed E-state index contributed by atoms with van der Waals surface area (Å²) in [5.41, 5.74) is 6.70. The molecule has 0 bridgehead atoms. The first-order valence-corrected chi connectivity index (χ1v) is 7.82. The molecule has 110 valence electrons. The molecule has 0 aromatic rings. The summed E-state index contributed by atoms with van der Waals surface area (Å²) < 4.78 is 0. The third-order valence-corrected chi connectivity index (χ3v) is 4.53. The maximum atomic E-state index is 6.55. The van der Waals surface area contributed by atoms with Crippen LogP contribution in [0.4, 0.5) is 0 Å². The van der Waals surface area contributed by atoms with Crippen molar-refractivity contribution in [3.05, 3.63) is 0 Å². The summed E-state index contributed by atoms with van der Waals surface area (Å²) in [5, 5.41) is 0. The van der Waals surface area contributed by atoms with E-state index in [9.17, 15) is 0 Å². The van der Waals surface area contributed by atoms with E-state index in [-0.39, 0.29) is 11.6 Å². The first kappa shape index (κ1) is 17.9. The average Bonchev–Trinajstić information content (AvgIpc) is 2.28. The van der Waals surface area contributed by atoms with Crippen LogP contribution in [0.3, 0.4) is 0 Å². The number of hydrogen-bond acceptors (Lipinski definition) is 2. The molecule has 0 rings (SSSR count). The summed E-state index contributed by atoms with van der Waals surface area (Å²) in [5.74, 6) is 1.50. The normalized spacial score (nSPS) is 19.0. The van der Waals surface area contributed by atoms with E-state index < -0.39 is 0 Å². The van der Waals surface area contributed by atoms with Crippen LogP contribution in [0.5, 0.6) is 0 Å². The molecule has 0 aromatic carbocycles. The van der Waals surface area contributed by atoms with Gasteiger partial charge in [-0.3, -0.25) is 4.90 Å². The van der Waals surface area contributed by atoms with Crippen molar-refractivity contribution in [1.82, 2.24) is 4.90 Å². The zero-order valence-corrected chi connectivity index (χ0v) is 13.8. The molecule has 0 aromatic heterocycles. The lowest BCUT2D eigenvalue weighted by Crippen LogP contribution is -2.58. The maximum absolute atomic E-state index is 6.55. The Kier molecular flexibility index (Phi) is 8.13. The molecule has 2 N–H and O–H groups in total. The van der Waals surface area contributed by atoms with Crippen LogP contribution in [-0.2, 0) is 0 Å². The summed E-state index contributed by atoms with van der Waals surface area (Å²) >= 11 is 0. The number of nitrogens with two attached hydrogens (primary N) is 1. The van der Waals surface area contributed by atoms with Crippen molar-refractivity contribution in [2.24, 2.45) is 17.6 Å². The van der Waals surface area contributed by atoms with Gasteiger partial charge in [0.15, 0.2) is 0 Å². The molecule has 3 atom stereocenters. The molecule has 0 spiro atoms. The Hall–Kier alpha value is -0.0800. The van der Waals surface area contributed by atoms with Crippen molar-refractivity contribution in [3.63, 3.8) is 0 Å². The van der Waals surface area contributed by atoms with Gasteiger partial charge in [-0.1, -0.05) is 41.5 Å². The van der Waals surface area contributed by atoms with Crippen LogP contribution in [0.1, 0.15) is 67.7 Å². The summed E-state index contributed by atoms with van der Waals surface area (Å²) in [7, 11) is 0. The first-order valence-electron chi connectivity index (χ1n) is 7.82. The molecule has 0 aliphatic rings. The lowest BCUT2D eigenvalue weighted by Gasteiger charge is -2.45. The Balaban J connectivity index is 4.63. The third-order valence-electron chi connectivity index (χ3n) is 4.53. The van der Waals surface area contributed by atoms with Gasteiger partial charge in [0.05, 0.1) is 0 Å². The van der Waals surface area contributed by atoms with E-state index >= 15 is 0 Å². The van der Waals surface area contributed by atoms with Crippen LogP contribution < -0.4 is 5.73 Å². The zero-order valence-electron chi connectivity index (χ0n) is 13.8. The van der Waals surface area contributed by atoms with Gasteiger partial charge in [-0.15, -0.1) is 0 Å². The largest absolute Gasteiger partial charge is 0.326 e. The lowest BCUT2D eigenvalue weighted by molar-refractivity contribution is 0.0747. The van der Waals surface area contributed by atoms with Crippen LogP contribution in [0.25, 0.3) is 0 Å².